The van der Waals surface area contributed by atoms with E-state index in [1.165, 1.54) is 6.20 Å². The van der Waals surface area contributed by atoms with E-state index < -0.39 is 0 Å². The molecule has 1 aromatic heterocycles. The maximum Gasteiger partial charge on any atom is 0.225 e. The first kappa shape index (κ1) is 20.3. The molecule has 1 heterocycles. The van der Waals surface area contributed by atoms with Crippen LogP contribution in [0.3, 0.4) is 0 Å². The number of aliphatic hydroxyl groups excluding tert-OH is 1. The number of aromatic nitrogens is 2. The summed E-state index contributed by atoms with van der Waals surface area (Å²) in [6.07, 6.45) is 8.17. The second kappa shape index (κ2) is 9.20. The lowest BCUT2D eigenvalue weighted by Gasteiger charge is -2.30. The van der Waals surface area contributed by atoms with E-state index in [-0.39, 0.29) is 30.0 Å². The lowest BCUT2D eigenvalue weighted by Crippen LogP contribution is -2.35. The Balaban J connectivity index is 1.60. The van der Waals surface area contributed by atoms with Crippen LogP contribution >= 0.6 is 0 Å². The van der Waals surface area contributed by atoms with Crippen molar-refractivity contribution < 1.29 is 9.90 Å². The van der Waals surface area contributed by atoms with Crippen molar-refractivity contribution in [2.75, 3.05) is 24.7 Å². The van der Waals surface area contributed by atoms with Gasteiger partial charge in [-0.3, -0.25) is 4.79 Å². The molecule has 3 N–H and O–H groups in total. The molecule has 8 nitrogen and oxygen atoms in total. The third kappa shape index (κ3) is 5.10. The van der Waals surface area contributed by atoms with Crippen LogP contribution in [0.25, 0.3) is 0 Å². The van der Waals surface area contributed by atoms with E-state index in [0.717, 1.165) is 44.9 Å². The molecule has 3 rings (SSSR count). The van der Waals surface area contributed by atoms with Gasteiger partial charge in [-0.15, -0.1) is 0 Å². The summed E-state index contributed by atoms with van der Waals surface area (Å²) in [6.45, 7) is 0. The van der Waals surface area contributed by atoms with E-state index in [1.807, 2.05) is 0 Å². The highest BCUT2D eigenvalue weighted by Crippen LogP contribution is 2.28. The topological polar surface area (TPSA) is 114 Å². The maximum atomic E-state index is 12.1. The van der Waals surface area contributed by atoms with Crippen LogP contribution in [0.1, 0.15) is 56.9 Å². The zero-order valence-electron chi connectivity index (χ0n) is 16.7. The normalized spacial score (nSPS) is 27.5. The van der Waals surface area contributed by atoms with Gasteiger partial charge in [0.15, 0.2) is 0 Å². The van der Waals surface area contributed by atoms with Crippen LogP contribution in [0.4, 0.5) is 11.8 Å². The van der Waals surface area contributed by atoms with E-state index in [9.17, 15) is 15.2 Å². The number of nitrogens with one attached hydrogen (secondary N) is 2. The molecular weight excluding hydrogens is 356 g/mol. The van der Waals surface area contributed by atoms with Crippen LogP contribution in [0.15, 0.2) is 6.20 Å². The van der Waals surface area contributed by atoms with Crippen LogP contribution in [0.2, 0.25) is 0 Å². The summed E-state index contributed by atoms with van der Waals surface area (Å²) in [5.41, 5.74) is 0.408. The molecule has 8 heteroatoms. The maximum absolute atomic E-state index is 12.1. The van der Waals surface area contributed by atoms with E-state index in [0.29, 0.717) is 23.8 Å². The minimum absolute atomic E-state index is 0.102. The van der Waals surface area contributed by atoms with Crippen molar-refractivity contribution in [2.24, 2.45) is 5.92 Å². The van der Waals surface area contributed by atoms with E-state index in [4.69, 9.17) is 0 Å². The SMILES string of the molecule is CN(C)C(=O)C1CCC(Nc2ncc(C#N)c(N[C@@H]3CCCC(O)C3)n2)CC1. The minimum atomic E-state index is -0.295. The Kier molecular flexibility index (Phi) is 6.68. The number of aliphatic hydroxyl groups is 1. The minimum Gasteiger partial charge on any atom is -0.393 e. The Bertz CT molecular complexity index is 724. The number of hydrogen-bond acceptors (Lipinski definition) is 7. The highest BCUT2D eigenvalue weighted by atomic mass is 16.3. The molecule has 2 atom stereocenters. The number of carbonyl (C=O) groups is 1. The largest absolute Gasteiger partial charge is 0.393 e. The van der Waals surface area contributed by atoms with Gasteiger partial charge in [-0.05, 0) is 51.4 Å². The van der Waals surface area contributed by atoms with Crippen molar-refractivity contribution in [3.63, 3.8) is 0 Å². The summed E-state index contributed by atoms with van der Waals surface area (Å²) >= 11 is 0. The molecule has 1 amide bonds. The van der Waals surface area contributed by atoms with Gasteiger partial charge >= 0.3 is 0 Å². The van der Waals surface area contributed by atoms with Crippen LogP contribution < -0.4 is 10.6 Å². The molecule has 2 aliphatic carbocycles. The number of nitriles is 1. The standard InChI is InChI=1S/C20H30N6O2/c1-26(2)19(28)13-6-8-15(9-7-13)24-20-22-12-14(11-21)18(25-20)23-16-4-3-5-17(27)10-16/h12-13,15-17,27H,3-10H2,1-2H3,(H2,22,23,24,25)/t13?,15?,16-,17?/m1/s1. The van der Waals surface area contributed by atoms with Gasteiger partial charge in [-0.2, -0.15) is 10.2 Å². The van der Waals surface area contributed by atoms with Gasteiger partial charge in [0.2, 0.25) is 11.9 Å². The molecule has 2 saturated carbocycles. The monoisotopic (exact) mass is 386 g/mol. The molecule has 2 fully saturated rings. The average Bonchev–Trinajstić information content (AvgIpc) is 2.68. The number of anilines is 2. The van der Waals surface area contributed by atoms with Crippen molar-refractivity contribution in [1.82, 2.24) is 14.9 Å². The second-order valence-electron chi connectivity index (χ2n) is 8.15. The summed E-state index contributed by atoms with van der Waals surface area (Å²) < 4.78 is 0. The summed E-state index contributed by atoms with van der Waals surface area (Å²) in [7, 11) is 3.61. The summed E-state index contributed by atoms with van der Waals surface area (Å²) in [4.78, 5) is 22.6. The fraction of sp³-hybridized carbons (Fsp3) is 0.700. The Hall–Kier alpha value is -2.40. The lowest BCUT2D eigenvalue weighted by molar-refractivity contribution is -0.133. The molecular formula is C20H30N6O2. The summed E-state index contributed by atoms with van der Waals surface area (Å²) in [5, 5.41) is 25.9. The summed E-state index contributed by atoms with van der Waals surface area (Å²) in [6, 6.07) is 2.48. The molecule has 0 spiro atoms. The van der Waals surface area contributed by atoms with Crippen LogP contribution in [0.5, 0.6) is 0 Å². The molecule has 1 aromatic rings. The molecule has 0 radical (unpaired) electrons. The van der Waals surface area contributed by atoms with E-state index in [2.05, 4.69) is 26.7 Å². The first-order chi connectivity index (χ1) is 13.5. The van der Waals surface area contributed by atoms with Gasteiger partial charge in [0, 0.05) is 32.1 Å². The van der Waals surface area contributed by atoms with Crippen LogP contribution in [-0.4, -0.2) is 58.2 Å². The number of rotatable bonds is 5. The molecule has 2 aliphatic rings. The average molecular weight is 387 g/mol. The van der Waals surface area contributed by atoms with Gasteiger partial charge in [0.25, 0.3) is 0 Å². The van der Waals surface area contributed by atoms with Gasteiger partial charge in [0.1, 0.15) is 17.5 Å². The smallest absolute Gasteiger partial charge is 0.225 e. The van der Waals surface area contributed by atoms with Gasteiger partial charge in [-0.25, -0.2) is 4.98 Å². The molecule has 0 saturated heterocycles. The molecule has 0 bridgehead atoms. The zero-order valence-corrected chi connectivity index (χ0v) is 16.7. The third-order valence-electron chi connectivity index (χ3n) is 5.75. The predicted molar refractivity (Wildman–Crippen MR) is 107 cm³/mol. The van der Waals surface area contributed by atoms with E-state index in [1.54, 1.807) is 19.0 Å². The molecule has 28 heavy (non-hydrogen) atoms. The zero-order chi connectivity index (χ0) is 20.1. The fourth-order valence-electron chi connectivity index (χ4n) is 4.16. The molecule has 1 unspecified atom stereocenters. The third-order valence-corrected chi connectivity index (χ3v) is 5.75. The van der Waals surface area contributed by atoms with E-state index >= 15 is 0 Å². The number of amides is 1. The summed E-state index contributed by atoms with van der Waals surface area (Å²) in [5.74, 6) is 1.33. The predicted octanol–water partition coefficient (Wildman–Crippen LogP) is 2.12. The first-order valence-corrected chi connectivity index (χ1v) is 10.2. The Morgan fingerprint density at radius 3 is 2.57 bits per heavy atom. The van der Waals surface area contributed by atoms with Crippen molar-refractivity contribution in [3.05, 3.63) is 11.8 Å². The highest BCUT2D eigenvalue weighted by molar-refractivity contribution is 5.78. The van der Waals surface area contributed by atoms with Crippen molar-refractivity contribution in [2.45, 2.75) is 69.6 Å². The van der Waals surface area contributed by atoms with Crippen LogP contribution in [-0.2, 0) is 4.79 Å². The van der Waals surface area contributed by atoms with Crippen molar-refractivity contribution in [3.8, 4) is 6.07 Å². The van der Waals surface area contributed by atoms with Gasteiger partial charge < -0.3 is 20.6 Å². The van der Waals surface area contributed by atoms with Crippen molar-refractivity contribution in [1.29, 1.82) is 5.26 Å². The van der Waals surface area contributed by atoms with Gasteiger partial charge in [-0.1, -0.05) is 0 Å². The van der Waals surface area contributed by atoms with Gasteiger partial charge in [0.05, 0.1) is 12.3 Å². The Labute approximate surface area is 166 Å². The Morgan fingerprint density at radius 2 is 1.93 bits per heavy atom. The number of hydrogen-bond donors (Lipinski definition) is 3. The fourth-order valence-corrected chi connectivity index (χ4v) is 4.16. The first-order valence-electron chi connectivity index (χ1n) is 10.2. The number of carbonyl (C=O) groups excluding carboxylic acids is 1. The number of nitrogens with zero attached hydrogens (tertiary/aromatic N) is 4. The lowest BCUT2D eigenvalue weighted by atomic mass is 9.85. The van der Waals surface area contributed by atoms with Crippen LogP contribution in [0, 0.1) is 17.2 Å². The quantitative estimate of drug-likeness (QED) is 0.710. The molecule has 152 valence electrons. The molecule has 0 aliphatic heterocycles. The van der Waals surface area contributed by atoms with Crippen molar-refractivity contribution >= 4 is 17.7 Å². The highest BCUT2D eigenvalue weighted by Gasteiger charge is 2.28. The molecule has 0 aromatic carbocycles. The Morgan fingerprint density at radius 1 is 1.18 bits per heavy atom. The second-order valence-corrected chi connectivity index (χ2v) is 8.15.